The number of nitrogens with one attached hydrogen (secondary N) is 3. The number of carbonyl (C=O) groups excluding carboxylic acids is 3. The summed E-state index contributed by atoms with van der Waals surface area (Å²) in [7, 11) is 0. The summed E-state index contributed by atoms with van der Waals surface area (Å²) in [4.78, 5) is 32.1. The normalized spacial score (nSPS) is 15.4. The van der Waals surface area contributed by atoms with Crippen LogP contribution in [0.1, 0.15) is 59.7 Å². The molecule has 3 aliphatic rings. The topological polar surface area (TPSA) is 87.3 Å². The average molecular weight is 611 g/mol. The van der Waals surface area contributed by atoms with Crippen molar-refractivity contribution in [1.82, 2.24) is 16.0 Å². The zero-order valence-electron chi connectivity index (χ0n) is 22.7. The third kappa shape index (κ3) is 8.00. The number of benzene rings is 3. The van der Waals surface area contributed by atoms with Crippen molar-refractivity contribution in [2.45, 2.75) is 45.6 Å². The Kier molecular flexibility index (Phi) is 10.3. The highest BCUT2D eigenvalue weighted by molar-refractivity contribution is 6.31. The van der Waals surface area contributed by atoms with Crippen LogP contribution in [0.2, 0.25) is 15.1 Å². The van der Waals surface area contributed by atoms with Crippen LogP contribution in [0.3, 0.4) is 0 Å². The van der Waals surface area contributed by atoms with Crippen LogP contribution >= 0.6 is 34.8 Å². The van der Waals surface area contributed by atoms with Crippen molar-refractivity contribution >= 4 is 64.4 Å². The molecule has 9 heteroatoms. The number of carbonyl (C=O) groups is 3. The summed E-state index contributed by atoms with van der Waals surface area (Å²) in [6, 6.07) is 17.4. The minimum Gasteiger partial charge on any atom is -0.350 e. The lowest BCUT2D eigenvalue weighted by Crippen LogP contribution is -2.24. The maximum Gasteiger partial charge on any atom is 0.221 e. The highest BCUT2D eigenvalue weighted by Gasteiger charge is 2.22. The molecule has 6 nitrogen and oxygen atoms in total. The van der Waals surface area contributed by atoms with Crippen molar-refractivity contribution in [2.75, 3.05) is 0 Å². The molecule has 3 aliphatic carbocycles. The van der Waals surface area contributed by atoms with Gasteiger partial charge in [0.15, 0.2) is 0 Å². The molecular formula is C32H30Cl3N3O3. The maximum atomic E-state index is 10.9. The molecule has 0 saturated carbocycles. The first kappa shape index (κ1) is 30.4. The maximum absolute atomic E-state index is 10.9. The fourth-order valence-electron chi connectivity index (χ4n) is 5.12. The van der Waals surface area contributed by atoms with Gasteiger partial charge in [0.1, 0.15) is 0 Å². The van der Waals surface area contributed by atoms with E-state index >= 15 is 0 Å². The Morgan fingerprint density at radius 1 is 0.756 bits per heavy atom. The van der Waals surface area contributed by atoms with Crippen LogP contribution < -0.4 is 16.0 Å². The summed E-state index contributed by atoms with van der Waals surface area (Å²) < 4.78 is 0. The van der Waals surface area contributed by atoms with Crippen molar-refractivity contribution in [3.05, 3.63) is 115 Å². The number of halogens is 3. The number of fused-ring (bicyclic) bond motifs is 3. The van der Waals surface area contributed by atoms with Gasteiger partial charge in [-0.25, -0.2) is 0 Å². The van der Waals surface area contributed by atoms with Gasteiger partial charge in [-0.15, -0.1) is 0 Å². The van der Waals surface area contributed by atoms with Gasteiger partial charge in [0, 0.05) is 51.4 Å². The summed E-state index contributed by atoms with van der Waals surface area (Å²) in [5.74, 6) is -0.0168. The van der Waals surface area contributed by atoms with E-state index in [0.717, 1.165) is 68.8 Å². The largest absolute Gasteiger partial charge is 0.350 e. The second-order valence-corrected chi connectivity index (χ2v) is 11.1. The quantitative estimate of drug-likeness (QED) is 0.283. The first-order valence-electron chi connectivity index (χ1n) is 13.2. The molecule has 0 heterocycles. The number of hydrogen-bond acceptors (Lipinski definition) is 3. The SMILES string of the molecule is CC(=O)NC1=CCc2cc(Cl)ccc21.CC(=O)NC1CCc2cc(Cl)ccc21.O=CNC1=CCc2cc(Cl)ccc21. The molecule has 0 fully saturated rings. The van der Waals surface area contributed by atoms with E-state index in [1.165, 1.54) is 23.6 Å². The zero-order chi connectivity index (χ0) is 29.5. The monoisotopic (exact) mass is 609 g/mol. The molecule has 1 atom stereocenters. The average Bonchev–Trinajstić information content (AvgIpc) is 3.61. The lowest BCUT2D eigenvalue weighted by Gasteiger charge is -2.12. The van der Waals surface area contributed by atoms with Crippen molar-refractivity contribution in [3.63, 3.8) is 0 Å². The summed E-state index contributed by atoms with van der Waals surface area (Å²) in [5.41, 5.74) is 8.71. The molecule has 3 N–H and O–H groups in total. The van der Waals surface area contributed by atoms with Crippen LogP contribution in [0.4, 0.5) is 0 Å². The predicted octanol–water partition coefficient (Wildman–Crippen LogP) is 6.82. The second-order valence-electron chi connectivity index (χ2n) is 9.83. The number of aryl methyl sites for hydroxylation is 1. The number of allylic oxidation sites excluding steroid dienone is 2. The molecule has 3 aromatic carbocycles. The van der Waals surface area contributed by atoms with Crippen LogP contribution in [-0.2, 0) is 33.6 Å². The minimum absolute atomic E-state index is 0.0257. The molecule has 6 rings (SSSR count). The number of hydrogen-bond donors (Lipinski definition) is 3. The molecule has 0 saturated heterocycles. The first-order valence-corrected chi connectivity index (χ1v) is 14.3. The molecular weight excluding hydrogens is 581 g/mol. The Morgan fingerprint density at radius 2 is 1.29 bits per heavy atom. The third-order valence-corrected chi connectivity index (χ3v) is 7.56. The van der Waals surface area contributed by atoms with Gasteiger partial charge in [-0.1, -0.05) is 65.2 Å². The Bertz CT molecular complexity index is 1540. The molecule has 41 heavy (non-hydrogen) atoms. The Labute approximate surface area is 254 Å². The fourth-order valence-corrected chi connectivity index (χ4v) is 5.71. The van der Waals surface area contributed by atoms with Crippen LogP contribution in [-0.4, -0.2) is 18.2 Å². The molecule has 0 radical (unpaired) electrons. The molecule has 0 aliphatic heterocycles. The molecule has 3 aromatic rings. The van der Waals surface area contributed by atoms with Crippen LogP contribution in [0.25, 0.3) is 11.4 Å². The standard InChI is InChI=1S/C11H12ClNO.C11H10ClNO.C10H8ClNO/c2*1-7(14)13-11-5-2-8-6-9(12)3-4-10(8)11;11-8-2-3-9-7(5-8)1-4-10(9)12-6-13/h3-4,6,11H,2,5H2,1H3,(H,13,14);3-6H,2H2,1H3,(H,13,14);2-6H,1H2,(H,12,13). The Hall–Kier alpha value is -3.58. The molecule has 1 unspecified atom stereocenters. The van der Waals surface area contributed by atoms with E-state index in [4.69, 9.17) is 34.8 Å². The lowest BCUT2D eigenvalue weighted by molar-refractivity contribution is -0.120. The van der Waals surface area contributed by atoms with Gasteiger partial charge in [0.25, 0.3) is 0 Å². The van der Waals surface area contributed by atoms with Crippen molar-refractivity contribution < 1.29 is 14.4 Å². The Balaban J connectivity index is 0.000000142. The van der Waals surface area contributed by atoms with E-state index in [1.807, 2.05) is 66.7 Å². The highest BCUT2D eigenvalue weighted by atomic mass is 35.5. The summed E-state index contributed by atoms with van der Waals surface area (Å²) in [5, 5.41) is 10.6. The van der Waals surface area contributed by atoms with E-state index in [-0.39, 0.29) is 17.9 Å². The van der Waals surface area contributed by atoms with Crippen molar-refractivity contribution in [1.29, 1.82) is 0 Å². The van der Waals surface area contributed by atoms with E-state index in [2.05, 4.69) is 16.0 Å². The van der Waals surface area contributed by atoms with Crippen LogP contribution in [0.5, 0.6) is 0 Å². The predicted molar refractivity (Wildman–Crippen MR) is 166 cm³/mol. The first-order chi connectivity index (χ1) is 19.6. The van der Waals surface area contributed by atoms with Gasteiger partial charge in [-0.3, -0.25) is 14.4 Å². The van der Waals surface area contributed by atoms with Crippen molar-refractivity contribution in [3.8, 4) is 0 Å². The third-order valence-electron chi connectivity index (χ3n) is 6.85. The van der Waals surface area contributed by atoms with Gasteiger partial charge in [-0.05, 0) is 84.3 Å². The van der Waals surface area contributed by atoms with Crippen LogP contribution in [0, 0.1) is 0 Å². The molecule has 0 aromatic heterocycles. The van der Waals surface area contributed by atoms with Gasteiger partial charge in [0.2, 0.25) is 18.2 Å². The van der Waals surface area contributed by atoms with Gasteiger partial charge < -0.3 is 16.0 Å². The second kappa shape index (κ2) is 13.9. The molecule has 0 bridgehead atoms. The molecule has 212 valence electrons. The van der Waals surface area contributed by atoms with E-state index < -0.39 is 0 Å². The van der Waals surface area contributed by atoms with E-state index in [9.17, 15) is 14.4 Å². The smallest absolute Gasteiger partial charge is 0.221 e. The van der Waals surface area contributed by atoms with E-state index in [1.54, 1.807) is 6.92 Å². The number of rotatable bonds is 4. The Morgan fingerprint density at radius 3 is 1.85 bits per heavy atom. The molecule has 0 spiro atoms. The van der Waals surface area contributed by atoms with Crippen molar-refractivity contribution in [2.24, 2.45) is 0 Å². The van der Waals surface area contributed by atoms with Gasteiger partial charge in [0.05, 0.1) is 6.04 Å². The fraction of sp³-hybridized carbons (Fsp3) is 0.219. The number of amides is 3. The summed E-state index contributed by atoms with van der Waals surface area (Å²) in [6.45, 7) is 3.06. The summed E-state index contributed by atoms with van der Waals surface area (Å²) in [6.07, 6.45) is 8.33. The summed E-state index contributed by atoms with van der Waals surface area (Å²) >= 11 is 17.6. The lowest BCUT2D eigenvalue weighted by atomic mass is 10.1. The van der Waals surface area contributed by atoms with Gasteiger partial charge in [-0.2, -0.15) is 0 Å². The van der Waals surface area contributed by atoms with Gasteiger partial charge >= 0.3 is 0 Å². The minimum atomic E-state index is -0.0425. The van der Waals surface area contributed by atoms with E-state index in [0.29, 0.717) is 6.41 Å². The molecule has 3 amide bonds. The zero-order valence-corrected chi connectivity index (χ0v) is 25.0. The van der Waals surface area contributed by atoms with Crippen LogP contribution in [0.15, 0.2) is 66.7 Å². The highest BCUT2D eigenvalue weighted by Crippen LogP contribution is 2.33.